The van der Waals surface area contributed by atoms with Crippen molar-refractivity contribution < 1.29 is 9.47 Å². The maximum atomic E-state index is 5.42. The Bertz CT molecular complexity index is 543. The van der Waals surface area contributed by atoms with Gasteiger partial charge in [-0.3, -0.25) is 0 Å². The first-order valence-corrected chi connectivity index (χ1v) is 6.73. The van der Waals surface area contributed by atoms with Crippen LogP contribution in [0.3, 0.4) is 0 Å². The van der Waals surface area contributed by atoms with Crippen LogP contribution in [-0.4, -0.2) is 14.2 Å². The van der Waals surface area contributed by atoms with E-state index in [0.29, 0.717) is 6.54 Å². The molecule has 2 aromatic carbocycles. The second kappa shape index (κ2) is 6.48. The quantitative estimate of drug-likeness (QED) is 0.900. The fourth-order valence-electron chi connectivity index (χ4n) is 1.89. The molecule has 0 aliphatic heterocycles. The first-order valence-electron chi connectivity index (χ1n) is 5.94. The zero-order valence-corrected chi connectivity index (χ0v) is 12.5. The van der Waals surface area contributed by atoms with E-state index in [4.69, 9.17) is 9.47 Å². The van der Waals surface area contributed by atoms with Crippen LogP contribution in [0.25, 0.3) is 0 Å². The van der Waals surface area contributed by atoms with E-state index in [2.05, 4.69) is 21.2 Å². The number of nitrogens with one attached hydrogen (secondary N) is 1. The van der Waals surface area contributed by atoms with Gasteiger partial charge in [-0.2, -0.15) is 0 Å². The minimum atomic E-state index is 0.670. The first-order chi connectivity index (χ1) is 9.24. The minimum absolute atomic E-state index is 0.670. The highest BCUT2D eigenvalue weighted by molar-refractivity contribution is 9.10. The number of halogens is 1. The fraction of sp³-hybridized carbons (Fsp3) is 0.200. The zero-order valence-electron chi connectivity index (χ0n) is 10.9. The molecule has 1 N–H and O–H groups in total. The topological polar surface area (TPSA) is 30.5 Å². The molecule has 0 unspecified atom stereocenters. The molecule has 0 spiro atoms. The van der Waals surface area contributed by atoms with Gasteiger partial charge in [-0.1, -0.05) is 34.1 Å². The molecule has 3 nitrogen and oxygen atoms in total. The predicted octanol–water partition coefficient (Wildman–Crippen LogP) is 4.08. The Balaban J connectivity index is 2.22. The molecule has 0 aliphatic carbocycles. The Morgan fingerprint density at radius 1 is 1.05 bits per heavy atom. The summed E-state index contributed by atoms with van der Waals surface area (Å²) < 4.78 is 11.7. The molecule has 0 aromatic heterocycles. The standard InChI is InChI=1S/C15H16BrNO2/c1-18-14-9-12(16)8-11(15(14)19-2)10-17-13-6-4-3-5-7-13/h3-9,17H,10H2,1-2H3. The molecule has 0 bridgehead atoms. The van der Waals surface area contributed by atoms with Crippen molar-refractivity contribution in [1.82, 2.24) is 0 Å². The number of methoxy groups -OCH3 is 2. The van der Waals surface area contributed by atoms with Crippen molar-refractivity contribution in [2.45, 2.75) is 6.54 Å². The summed E-state index contributed by atoms with van der Waals surface area (Å²) in [4.78, 5) is 0. The van der Waals surface area contributed by atoms with Crippen LogP contribution in [0.1, 0.15) is 5.56 Å². The van der Waals surface area contributed by atoms with E-state index in [9.17, 15) is 0 Å². The first kappa shape index (κ1) is 13.7. The zero-order chi connectivity index (χ0) is 13.7. The van der Waals surface area contributed by atoms with Gasteiger partial charge in [0.2, 0.25) is 0 Å². The largest absolute Gasteiger partial charge is 0.493 e. The van der Waals surface area contributed by atoms with Crippen LogP contribution in [-0.2, 0) is 6.54 Å². The molecule has 0 atom stereocenters. The van der Waals surface area contributed by atoms with E-state index >= 15 is 0 Å². The Kier molecular flexibility index (Phi) is 4.68. The van der Waals surface area contributed by atoms with Crippen LogP contribution in [0, 0.1) is 0 Å². The van der Waals surface area contributed by atoms with Gasteiger partial charge >= 0.3 is 0 Å². The fourth-order valence-corrected chi connectivity index (χ4v) is 2.37. The maximum Gasteiger partial charge on any atom is 0.165 e. The van der Waals surface area contributed by atoms with Crippen LogP contribution in [0.15, 0.2) is 46.9 Å². The van der Waals surface area contributed by atoms with E-state index in [-0.39, 0.29) is 0 Å². The molecule has 4 heteroatoms. The van der Waals surface area contributed by atoms with Gasteiger partial charge in [0, 0.05) is 22.3 Å². The summed E-state index contributed by atoms with van der Waals surface area (Å²) in [6.45, 7) is 0.670. The lowest BCUT2D eigenvalue weighted by atomic mass is 10.1. The highest BCUT2D eigenvalue weighted by Gasteiger charge is 2.11. The van der Waals surface area contributed by atoms with E-state index in [0.717, 1.165) is 27.2 Å². The Morgan fingerprint density at radius 3 is 2.42 bits per heavy atom. The second-order valence-electron chi connectivity index (χ2n) is 4.02. The van der Waals surface area contributed by atoms with Gasteiger partial charge in [0.1, 0.15) is 0 Å². The predicted molar refractivity (Wildman–Crippen MR) is 81.0 cm³/mol. The molecule has 0 radical (unpaired) electrons. The molecule has 0 saturated heterocycles. The average molecular weight is 322 g/mol. The van der Waals surface area contributed by atoms with Crippen LogP contribution >= 0.6 is 15.9 Å². The van der Waals surface area contributed by atoms with E-state index in [1.165, 1.54) is 0 Å². The van der Waals surface area contributed by atoms with Gasteiger partial charge in [-0.15, -0.1) is 0 Å². The van der Waals surface area contributed by atoms with E-state index in [1.807, 2.05) is 42.5 Å². The van der Waals surface area contributed by atoms with Crippen molar-refractivity contribution in [2.24, 2.45) is 0 Å². The Morgan fingerprint density at radius 2 is 1.79 bits per heavy atom. The van der Waals surface area contributed by atoms with E-state index in [1.54, 1.807) is 14.2 Å². The van der Waals surface area contributed by atoms with Gasteiger partial charge < -0.3 is 14.8 Å². The molecule has 0 saturated carbocycles. The average Bonchev–Trinajstić information content (AvgIpc) is 2.45. The number of para-hydroxylation sites is 1. The lowest BCUT2D eigenvalue weighted by Crippen LogP contribution is -2.03. The molecule has 100 valence electrons. The van der Waals surface area contributed by atoms with Gasteiger partial charge in [0.05, 0.1) is 14.2 Å². The molecule has 0 fully saturated rings. The van der Waals surface area contributed by atoms with Crippen molar-refractivity contribution in [1.29, 1.82) is 0 Å². The van der Waals surface area contributed by atoms with Gasteiger partial charge in [0.15, 0.2) is 11.5 Å². The SMILES string of the molecule is COc1cc(Br)cc(CNc2ccccc2)c1OC. The summed E-state index contributed by atoms with van der Waals surface area (Å²) in [5.74, 6) is 1.48. The summed E-state index contributed by atoms with van der Waals surface area (Å²) in [5.41, 5.74) is 2.11. The summed E-state index contributed by atoms with van der Waals surface area (Å²) in [5, 5.41) is 3.36. The number of ether oxygens (including phenoxy) is 2. The van der Waals surface area contributed by atoms with Crippen molar-refractivity contribution in [3.8, 4) is 11.5 Å². The van der Waals surface area contributed by atoms with Crippen molar-refractivity contribution in [3.05, 3.63) is 52.5 Å². The van der Waals surface area contributed by atoms with Crippen molar-refractivity contribution in [2.75, 3.05) is 19.5 Å². The third kappa shape index (κ3) is 3.41. The molecule has 19 heavy (non-hydrogen) atoms. The van der Waals surface area contributed by atoms with E-state index < -0.39 is 0 Å². The molecule has 2 aromatic rings. The number of benzene rings is 2. The number of hydrogen-bond donors (Lipinski definition) is 1. The third-order valence-electron chi connectivity index (χ3n) is 2.78. The molecule has 0 amide bonds. The highest BCUT2D eigenvalue weighted by atomic mass is 79.9. The molecule has 0 aliphatic rings. The number of hydrogen-bond acceptors (Lipinski definition) is 3. The summed E-state index contributed by atoms with van der Waals surface area (Å²) in [6, 6.07) is 14.0. The molecular weight excluding hydrogens is 306 g/mol. The Labute approximate surface area is 121 Å². The normalized spacial score (nSPS) is 10.1. The van der Waals surface area contributed by atoms with Gasteiger partial charge in [-0.25, -0.2) is 0 Å². The van der Waals surface area contributed by atoms with Crippen LogP contribution in [0.5, 0.6) is 11.5 Å². The van der Waals surface area contributed by atoms with Crippen molar-refractivity contribution in [3.63, 3.8) is 0 Å². The smallest absolute Gasteiger partial charge is 0.165 e. The van der Waals surface area contributed by atoms with Crippen LogP contribution in [0.2, 0.25) is 0 Å². The lowest BCUT2D eigenvalue weighted by molar-refractivity contribution is 0.352. The number of rotatable bonds is 5. The summed E-state index contributed by atoms with van der Waals surface area (Å²) in [6.07, 6.45) is 0. The van der Waals surface area contributed by atoms with Crippen LogP contribution in [0.4, 0.5) is 5.69 Å². The number of anilines is 1. The highest BCUT2D eigenvalue weighted by Crippen LogP contribution is 2.34. The van der Waals surface area contributed by atoms with Gasteiger partial charge in [0.25, 0.3) is 0 Å². The monoisotopic (exact) mass is 321 g/mol. The molecule has 2 rings (SSSR count). The summed E-state index contributed by atoms with van der Waals surface area (Å²) >= 11 is 3.48. The summed E-state index contributed by atoms with van der Waals surface area (Å²) in [7, 11) is 3.29. The molecule has 0 heterocycles. The molecular formula is C15H16BrNO2. The lowest BCUT2D eigenvalue weighted by Gasteiger charge is -2.14. The maximum absolute atomic E-state index is 5.42. The minimum Gasteiger partial charge on any atom is -0.493 e. The third-order valence-corrected chi connectivity index (χ3v) is 3.24. The van der Waals surface area contributed by atoms with Crippen LogP contribution < -0.4 is 14.8 Å². The second-order valence-corrected chi connectivity index (χ2v) is 4.94. The van der Waals surface area contributed by atoms with Crippen molar-refractivity contribution >= 4 is 21.6 Å². The van der Waals surface area contributed by atoms with Gasteiger partial charge in [-0.05, 0) is 24.3 Å². The Hall–Kier alpha value is -1.68.